The molecule has 0 aromatic heterocycles. The Hall–Kier alpha value is -0.494. The van der Waals surface area contributed by atoms with E-state index in [9.17, 15) is 10.2 Å². The molecule has 0 spiro atoms. The molecule has 0 aliphatic heterocycles. The van der Waals surface area contributed by atoms with Crippen molar-refractivity contribution in [3.05, 3.63) is 42.5 Å². The van der Waals surface area contributed by atoms with Crippen LogP contribution in [-0.4, -0.2) is 23.1 Å². The Morgan fingerprint density at radius 3 is 2.24 bits per heavy atom. The average Bonchev–Trinajstić information content (AvgIpc) is 2.28. The van der Waals surface area contributed by atoms with Gasteiger partial charge in [-0.05, 0) is 23.1 Å². The van der Waals surface area contributed by atoms with Crippen molar-refractivity contribution in [3.63, 3.8) is 0 Å². The molecule has 2 nitrogen and oxygen atoms in total. The number of hydrogen-bond acceptors (Lipinski definition) is 4. The van der Waals surface area contributed by atoms with Crippen LogP contribution in [0.4, 0.5) is 0 Å². The van der Waals surface area contributed by atoms with Gasteiger partial charge in [-0.15, -0.1) is 12.6 Å². The molecule has 0 N–H and O–H groups in total. The van der Waals surface area contributed by atoms with E-state index in [1.807, 2.05) is 0 Å². The van der Waals surface area contributed by atoms with Gasteiger partial charge in [-0.3, -0.25) is 0 Å². The Balaban J connectivity index is 0.00000144. The van der Waals surface area contributed by atoms with E-state index < -0.39 is 0 Å². The molecule has 0 saturated carbocycles. The molecule has 0 radical (unpaired) electrons. The van der Waals surface area contributed by atoms with Gasteiger partial charge >= 0.3 is 23.1 Å². The van der Waals surface area contributed by atoms with E-state index in [4.69, 9.17) is 0 Å². The van der Waals surface area contributed by atoms with E-state index in [-0.39, 0.29) is 34.6 Å². The van der Waals surface area contributed by atoms with Crippen molar-refractivity contribution in [3.8, 4) is 11.5 Å². The molecular formula is C12H8MgO2S2. The van der Waals surface area contributed by atoms with E-state index in [2.05, 4.69) is 12.6 Å². The van der Waals surface area contributed by atoms with Gasteiger partial charge in [0.15, 0.2) is 0 Å². The quantitative estimate of drug-likeness (QED) is 0.671. The van der Waals surface area contributed by atoms with Crippen LogP contribution >= 0.6 is 24.4 Å². The van der Waals surface area contributed by atoms with Gasteiger partial charge in [0, 0.05) is 9.79 Å². The second kappa shape index (κ2) is 6.44. The van der Waals surface area contributed by atoms with Crippen molar-refractivity contribution in [2.45, 2.75) is 14.7 Å². The van der Waals surface area contributed by atoms with Crippen LogP contribution in [-0.2, 0) is 0 Å². The van der Waals surface area contributed by atoms with Gasteiger partial charge in [-0.25, -0.2) is 0 Å². The molecule has 0 amide bonds. The Kier molecular flexibility index (Phi) is 5.52. The predicted molar refractivity (Wildman–Crippen MR) is 68.9 cm³/mol. The number of thiol groups is 1. The summed E-state index contributed by atoms with van der Waals surface area (Å²) < 4.78 is 0. The molecule has 0 aliphatic rings. The zero-order valence-corrected chi connectivity index (χ0v) is 12.0. The van der Waals surface area contributed by atoms with E-state index in [0.29, 0.717) is 14.7 Å². The van der Waals surface area contributed by atoms with Gasteiger partial charge in [0.2, 0.25) is 0 Å². The summed E-state index contributed by atoms with van der Waals surface area (Å²) in [7, 11) is 0. The minimum Gasteiger partial charge on any atom is -0.872 e. The topological polar surface area (TPSA) is 46.1 Å². The predicted octanol–water partition coefficient (Wildman–Crippen LogP) is 1.89. The molecule has 0 bridgehead atoms. The second-order valence-electron chi connectivity index (χ2n) is 3.15. The first-order valence-corrected chi connectivity index (χ1v) is 5.88. The molecule has 82 valence electrons. The zero-order chi connectivity index (χ0) is 11.5. The number of benzene rings is 2. The molecule has 5 heteroatoms. The van der Waals surface area contributed by atoms with Gasteiger partial charge < -0.3 is 10.2 Å². The van der Waals surface area contributed by atoms with Gasteiger partial charge in [-0.2, -0.15) is 0 Å². The van der Waals surface area contributed by atoms with E-state index in [1.54, 1.807) is 36.4 Å². The summed E-state index contributed by atoms with van der Waals surface area (Å²) in [4.78, 5) is 1.47. The van der Waals surface area contributed by atoms with Crippen LogP contribution in [0.3, 0.4) is 0 Å². The first-order chi connectivity index (χ1) is 7.68. The summed E-state index contributed by atoms with van der Waals surface area (Å²) >= 11 is 5.24. The fraction of sp³-hybridized carbons (Fsp3) is 0. The molecule has 0 atom stereocenters. The normalized spacial score (nSPS) is 9.71. The Morgan fingerprint density at radius 1 is 0.882 bits per heavy atom. The molecular weight excluding hydrogens is 265 g/mol. The average molecular weight is 273 g/mol. The Labute approximate surface area is 126 Å². The van der Waals surface area contributed by atoms with Crippen LogP contribution < -0.4 is 10.2 Å². The molecule has 0 fully saturated rings. The van der Waals surface area contributed by atoms with Crippen LogP contribution in [0.15, 0.2) is 57.2 Å². The largest absolute Gasteiger partial charge is 2.00 e. The number of hydrogen-bond donors (Lipinski definition) is 1. The number of rotatable bonds is 2. The van der Waals surface area contributed by atoms with Gasteiger partial charge in [0.05, 0.1) is 0 Å². The van der Waals surface area contributed by atoms with Crippen molar-refractivity contribution in [2.75, 3.05) is 0 Å². The first-order valence-electron chi connectivity index (χ1n) is 4.61. The molecule has 0 saturated heterocycles. The smallest absolute Gasteiger partial charge is 0.872 e. The fourth-order valence-electron chi connectivity index (χ4n) is 1.24. The standard InChI is InChI=1S/C12H10O2S2.Mg/c13-8-4-1-2-6-10(8)16-11-7-3-5-9(15)12(11)14;/h1-7,13-15H;/q;+2/p-2. The monoisotopic (exact) mass is 272 g/mol. The van der Waals surface area contributed by atoms with E-state index >= 15 is 0 Å². The van der Waals surface area contributed by atoms with Crippen molar-refractivity contribution < 1.29 is 10.2 Å². The molecule has 17 heavy (non-hydrogen) atoms. The maximum absolute atomic E-state index is 11.7. The summed E-state index contributed by atoms with van der Waals surface area (Å²) in [6.45, 7) is 0. The third kappa shape index (κ3) is 3.48. The third-order valence-corrected chi connectivity index (χ3v) is 3.48. The van der Waals surface area contributed by atoms with Crippen molar-refractivity contribution >= 4 is 47.4 Å². The minimum atomic E-state index is -0.140. The Bertz CT molecular complexity index is 518. The summed E-state index contributed by atoms with van der Waals surface area (Å²) in [5.74, 6) is -0.212. The maximum atomic E-state index is 11.7. The maximum Gasteiger partial charge on any atom is 2.00 e. The van der Waals surface area contributed by atoms with E-state index in [0.717, 1.165) is 0 Å². The molecule has 0 aliphatic carbocycles. The van der Waals surface area contributed by atoms with Gasteiger partial charge in [0.1, 0.15) is 0 Å². The fourth-order valence-corrected chi connectivity index (χ4v) is 2.42. The van der Waals surface area contributed by atoms with Crippen molar-refractivity contribution in [1.82, 2.24) is 0 Å². The summed E-state index contributed by atoms with van der Waals surface area (Å²) in [5, 5.41) is 23.2. The molecule has 0 heterocycles. The number of para-hydroxylation sites is 2. The second-order valence-corrected chi connectivity index (χ2v) is 4.72. The van der Waals surface area contributed by atoms with Crippen molar-refractivity contribution in [1.29, 1.82) is 0 Å². The summed E-state index contributed by atoms with van der Waals surface area (Å²) in [5.41, 5.74) is 0. The molecule has 2 aromatic rings. The summed E-state index contributed by atoms with van der Waals surface area (Å²) in [6.07, 6.45) is 0. The van der Waals surface area contributed by atoms with Crippen molar-refractivity contribution in [2.24, 2.45) is 0 Å². The van der Waals surface area contributed by atoms with Crippen LogP contribution in [0.5, 0.6) is 11.5 Å². The van der Waals surface area contributed by atoms with Crippen LogP contribution in [0, 0.1) is 0 Å². The van der Waals surface area contributed by atoms with Crippen LogP contribution in [0.25, 0.3) is 0 Å². The van der Waals surface area contributed by atoms with Gasteiger partial charge in [-0.1, -0.05) is 47.5 Å². The first kappa shape index (κ1) is 14.6. The molecule has 2 aromatic carbocycles. The third-order valence-electron chi connectivity index (χ3n) is 2.03. The minimum absolute atomic E-state index is 0. The molecule has 2 rings (SSSR count). The SMILES string of the molecule is [Mg+2].[O-]c1ccccc1Sc1cccc(S)c1[O-]. The van der Waals surface area contributed by atoms with Gasteiger partial charge in [0.25, 0.3) is 0 Å². The molecule has 0 unspecified atom stereocenters. The summed E-state index contributed by atoms with van der Waals surface area (Å²) in [6, 6.07) is 11.7. The zero-order valence-electron chi connectivity index (χ0n) is 8.92. The van der Waals surface area contributed by atoms with Crippen LogP contribution in [0.1, 0.15) is 0 Å². The Morgan fingerprint density at radius 2 is 1.53 bits per heavy atom. The van der Waals surface area contributed by atoms with E-state index in [1.165, 1.54) is 17.8 Å². The van der Waals surface area contributed by atoms with Crippen LogP contribution in [0.2, 0.25) is 0 Å².